The highest BCUT2D eigenvalue weighted by atomic mass is 16.5. The van der Waals surface area contributed by atoms with Crippen LogP contribution in [0.2, 0.25) is 0 Å². The number of benzene rings is 2. The number of carbonyl (C=O) groups excluding carboxylic acids is 2. The summed E-state index contributed by atoms with van der Waals surface area (Å²) in [6.45, 7) is 2.64. The first-order valence-corrected chi connectivity index (χ1v) is 13.1. The first-order chi connectivity index (χ1) is 19.0. The van der Waals surface area contributed by atoms with E-state index >= 15 is 0 Å². The van der Waals surface area contributed by atoms with Crippen molar-refractivity contribution in [3.05, 3.63) is 65.9 Å². The van der Waals surface area contributed by atoms with Gasteiger partial charge in [0.2, 0.25) is 5.95 Å². The molecule has 5 rings (SSSR count). The number of hydrogen-bond acceptors (Lipinski definition) is 9. The zero-order chi connectivity index (χ0) is 27.2. The van der Waals surface area contributed by atoms with Crippen LogP contribution in [0.5, 0.6) is 0 Å². The van der Waals surface area contributed by atoms with E-state index in [0.717, 1.165) is 41.8 Å². The summed E-state index contributed by atoms with van der Waals surface area (Å²) in [6.07, 6.45) is 7.39. The van der Waals surface area contributed by atoms with Crippen molar-refractivity contribution in [1.82, 2.24) is 14.9 Å². The Morgan fingerprint density at radius 2 is 1.85 bits per heavy atom. The van der Waals surface area contributed by atoms with Crippen LogP contribution in [0.1, 0.15) is 46.4 Å². The summed E-state index contributed by atoms with van der Waals surface area (Å²) in [5, 5.41) is 12.2. The monoisotopic (exact) mass is 526 g/mol. The minimum atomic E-state index is -0.378. The maximum atomic E-state index is 13.3. The minimum Gasteiger partial charge on any atom is -0.459 e. The number of ether oxygens (including phenoxy) is 2. The summed E-state index contributed by atoms with van der Waals surface area (Å²) in [5.74, 6) is -0.332. The van der Waals surface area contributed by atoms with E-state index in [9.17, 15) is 9.59 Å². The lowest BCUT2D eigenvalue weighted by molar-refractivity contribution is 0.0318. The molecule has 2 heterocycles. The number of carbonyl (C=O) groups is 2. The van der Waals surface area contributed by atoms with Crippen molar-refractivity contribution in [3.8, 4) is 17.5 Å². The third kappa shape index (κ3) is 6.16. The van der Waals surface area contributed by atoms with Crippen molar-refractivity contribution in [2.45, 2.75) is 31.8 Å². The van der Waals surface area contributed by atoms with Gasteiger partial charge in [0, 0.05) is 43.1 Å². The molecule has 1 aromatic heterocycles. The molecule has 1 aliphatic heterocycles. The maximum absolute atomic E-state index is 13.3. The van der Waals surface area contributed by atoms with E-state index in [1.54, 1.807) is 42.6 Å². The quantitative estimate of drug-likeness (QED) is 0.272. The van der Waals surface area contributed by atoms with Crippen LogP contribution in [0.15, 0.2) is 54.7 Å². The molecule has 1 saturated heterocycles. The molecule has 0 spiro atoms. The van der Waals surface area contributed by atoms with E-state index in [1.807, 2.05) is 18.3 Å². The van der Waals surface area contributed by atoms with Crippen LogP contribution in [0.25, 0.3) is 11.3 Å². The fourth-order valence-electron chi connectivity index (χ4n) is 4.81. The van der Waals surface area contributed by atoms with Gasteiger partial charge in [0.05, 0.1) is 30.2 Å². The van der Waals surface area contributed by atoms with Crippen molar-refractivity contribution >= 4 is 29.2 Å². The Morgan fingerprint density at radius 1 is 1.10 bits per heavy atom. The van der Waals surface area contributed by atoms with Crippen molar-refractivity contribution in [1.29, 1.82) is 5.26 Å². The summed E-state index contributed by atoms with van der Waals surface area (Å²) < 4.78 is 11.4. The number of rotatable bonds is 7. The van der Waals surface area contributed by atoms with Gasteiger partial charge < -0.3 is 19.7 Å². The molecule has 39 heavy (non-hydrogen) atoms. The van der Waals surface area contributed by atoms with Crippen molar-refractivity contribution in [3.63, 3.8) is 0 Å². The van der Waals surface area contributed by atoms with Gasteiger partial charge in [-0.15, -0.1) is 0 Å². The second kappa shape index (κ2) is 11.9. The Labute approximate surface area is 227 Å². The minimum absolute atomic E-state index is 0.0337. The molecule has 200 valence electrons. The number of nitriles is 1. The highest BCUT2D eigenvalue weighted by Crippen LogP contribution is 2.30. The lowest BCUT2D eigenvalue weighted by Crippen LogP contribution is -2.37. The van der Waals surface area contributed by atoms with Crippen LogP contribution < -0.4 is 10.2 Å². The van der Waals surface area contributed by atoms with Crippen LogP contribution in [0.3, 0.4) is 0 Å². The molecule has 0 unspecified atom stereocenters. The molecule has 2 aliphatic rings. The number of nitrogens with one attached hydrogen (secondary N) is 1. The van der Waals surface area contributed by atoms with Gasteiger partial charge in [-0.3, -0.25) is 4.79 Å². The predicted molar refractivity (Wildman–Crippen MR) is 146 cm³/mol. The number of nitrogens with zero attached hydrogens (tertiary/aromatic N) is 5. The van der Waals surface area contributed by atoms with Gasteiger partial charge in [0.1, 0.15) is 6.10 Å². The largest absolute Gasteiger partial charge is 0.459 e. The van der Waals surface area contributed by atoms with Gasteiger partial charge in [-0.1, -0.05) is 12.1 Å². The van der Waals surface area contributed by atoms with E-state index in [-0.39, 0.29) is 18.0 Å². The summed E-state index contributed by atoms with van der Waals surface area (Å²) >= 11 is 0. The SMILES string of the molecule is CN(C#N)C(=O)c1ccc(-c2ccnc(Nc3ccc(N4CCOCC4)c(C(=O)OC4CCCC4)c3)n2)cc1. The summed E-state index contributed by atoms with van der Waals surface area (Å²) in [4.78, 5) is 37.6. The highest BCUT2D eigenvalue weighted by Gasteiger charge is 2.25. The van der Waals surface area contributed by atoms with E-state index in [1.165, 1.54) is 7.05 Å². The molecule has 10 nitrogen and oxygen atoms in total. The molecule has 1 amide bonds. The lowest BCUT2D eigenvalue weighted by atomic mass is 10.1. The second-order valence-corrected chi connectivity index (χ2v) is 9.58. The average Bonchev–Trinajstić information content (AvgIpc) is 3.50. The average molecular weight is 527 g/mol. The van der Waals surface area contributed by atoms with Gasteiger partial charge in [-0.2, -0.15) is 5.26 Å². The molecule has 2 aromatic carbocycles. The highest BCUT2D eigenvalue weighted by molar-refractivity contribution is 5.97. The van der Waals surface area contributed by atoms with Gasteiger partial charge in [0.15, 0.2) is 6.19 Å². The Bertz CT molecular complexity index is 1380. The normalized spacial score (nSPS) is 15.4. The number of hydrogen-bond donors (Lipinski definition) is 1. The molecule has 1 aliphatic carbocycles. The van der Waals surface area contributed by atoms with Crippen molar-refractivity contribution in [2.75, 3.05) is 43.6 Å². The van der Waals surface area contributed by atoms with Gasteiger partial charge in [0.25, 0.3) is 5.91 Å². The lowest BCUT2D eigenvalue weighted by Gasteiger charge is -2.30. The summed E-state index contributed by atoms with van der Waals surface area (Å²) in [6, 6.07) is 14.3. The van der Waals surface area contributed by atoms with Crippen molar-refractivity contribution < 1.29 is 19.1 Å². The fraction of sp³-hybridized carbons (Fsp3) is 0.345. The van der Waals surface area contributed by atoms with Gasteiger partial charge >= 0.3 is 5.97 Å². The van der Waals surface area contributed by atoms with Crippen LogP contribution in [0.4, 0.5) is 17.3 Å². The molecular formula is C29H30N6O4. The summed E-state index contributed by atoms with van der Waals surface area (Å²) in [5.41, 5.74) is 3.87. The molecule has 10 heteroatoms. The molecule has 2 fully saturated rings. The predicted octanol–water partition coefficient (Wildman–Crippen LogP) is 4.38. The van der Waals surface area contributed by atoms with E-state index in [2.05, 4.69) is 20.2 Å². The topological polar surface area (TPSA) is 121 Å². The second-order valence-electron chi connectivity index (χ2n) is 9.58. The molecule has 1 saturated carbocycles. The number of esters is 1. The summed E-state index contributed by atoms with van der Waals surface area (Å²) in [7, 11) is 1.42. The molecular weight excluding hydrogens is 496 g/mol. The first-order valence-electron chi connectivity index (χ1n) is 13.1. The van der Waals surface area contributed by atoms with Crippen LogP contribution in [0, 0.1) is 11.5 Å². The van der Waals surface area contributed by atoms with E-state index < -0.39 is 0 Å². The van der Waals surface area contributed by atoms with E-state index in [4.69, 9.17) is 14.7 Å². The molecule has 0 radical (unpaired) electrons. The fourth-order valence-corrected chi connectivity index (χ4v) is 4.81. The third-order valence-electron chi connectivity index (χ3n) is 6.94. The molecule has 0 atom stereocenters. The standard InChI is InChI=1S/C29H30N6O4/c1-34(19-30)27(36)21-8-6-20(7-9-21)25-12-13-31-29(33-25)32-22-10-11-26(35-14-16-38-17-15-35)24(18-22)28(37)39-23-4-2-3-5-23/h6-13,18,23H,2-5,14-17H2,1H3,(H,31,32,33). The van der Waals surface area contributed by atoms with Gasteiger partial charge in [-0.25, -0.2) is 19.7 Å². The first kappa shape index (κ1) is 26.1. The maximum Gasteiger partial charge on any atom is 0.340 e. The molecule has 1 N–H and O–H groups in total. The van der Waals surface area contributed by atoms with Crippen LogP contribution in [-0.4, -0.2) is 66.2 Å². The number of amides is 1. The molecule has 0 bridgehead atoms. The van der Waals surface area contributed by atoms with E-state index in [0.29, 0.717) is 54.8 Å². The zero-order valence-electron chi connectivity index (χ0n) is 21.8. The number of morpholine rings is 1. The zero-order valence-corrected chi connectivity index (χ0v) is 21.8. The van der Waals surface area contributed by atoms with Crippen LogP contribution >= 0.6 is 0 Å². The molecule has 3 aromatic rings. The smallest absolute Gasteiger partial charge is 0.340 e. The number of aromatic nitrogens is 2. The van der Waals surface area contributed by atoms with Crippen molar-refractivity contribution in [2.24, 2.45) is 0 Å². The Balaban J connectivity index is 1.37. The van der Waals surface area contributed by atoms with Gasteiger partial charge in [-0.05, 0) is 62.1 Å². The number of anilines is 3. The third-order valence-corrected chi connectivity index (χ3v) is 6.94. The Morgan fingerprint density at radius 3 is 2.56 bits per heavy atom. The Kier molecular flexibility index (Phi) is 7.99. The van der Waals surface area contributed by atoms with Crippen LogP contribution in [-0.2, 0) is 9.47 Å². The Hall–Kier alpha value is -4.49.